The average Bonchev–Trinajstić information content (AvgIpc) is 2.52. The minimum atomic E-state index is 0.109. The first kappa shape index (κ1) is 14.8. The first-order chi connectivity index (χ1) is 9.74. The number of nitrogens with zero attached hydrogens (tertiary/aromatic N) is 2. The Morgan fingerprint density at radius 1 is 1.40 bits per heavy atom. The standard InChI is InChI=1S/C16H25N3O/c1-3-10-18-15-12-17-11-9-14(15)16(20)19(2)13-7-5-4-6-8-13/h9,11-13,18H,3-8,10H2,1-2H3. The molecule has 0 unspecified atom stereocenters. The Bertz CT molecular complexity index is 441. The van der Waals surface area contributed by atoms with E-state index in [1.807, 2.05) is 18.0 Å². The van der Waals surface area contributed by atoms with Crippen LogP contribution in [-0.4, -0.2) is 35.4 Å². The maximum Gasteiger partial charge on any atom is 0.256 e. The number of hydrogen-bond acceptors (Lipinski definition) is 3. The summed E-state index contributed by atoms with van der Waals surface area (Å²) in [5.74, 6) is 0.109. The van der Waals surface area contributed by atoms with Crippen LogP contribution in [0.5, 0.6) is 0 Å². The van der Waals surface area contributed by atoms with Gasteiger partial charge in [0.15, 0.2) is 0 Å². The zero-order chi connectivity index (χ0) is 14.4. The number of rotatable bonds is 5. The molecule has 0 radical (unpaired) electrons. The number of hydrogen-bond donors (Lipinski definition) is 1. The smallest absolute Gasteiger partial charge is 0.256 e. The van der Waals surface area contributed by atoms with Gasteiger partial charge in [0.2, 0.25) is 0 Å². The van der Waals surface area contributed by atoms with Crippen LogP contribution < -0.4 is 5.32 Å². The largest absolute Gasteiger partial charge is 0.383 e. The summed E-state index contributed by atoms with van der Waals surface area (Å²) in [7, 11) is 1.93. The van der Waals surface area contributed by atoms with Crippen molar-refractivity contribution in [2.24, 2.45) is 0 Å². The molecule has 1 amide bonds. The Balaban J connectivity index is 2.11. The van der Waals surface area contributed by atoms with E-state index in [9.17, 15) is 4.79 Å². The van der Waals surface area contributed by atoms with Crippen molar-refractivity contribution in [2.45, 2.75) is 51.5 Å². The highest BCUT2D eigenvalue weighted by Crippen LogP contribution is 2.24. The molecular formula is C16H25N3O. The molecule has 0 aliphatic heterocycles. The normalized spacial score (nSPS) is 15.9. The van der Waals surface area contributed by atoms with Crippen molar-refractivity contribution in [3.63, 3.8) is 0 Å². The monoisotopic (exact) mass is 275 g/mol. The molecule has 1 saturated carbocycles. The van der Waals surface area contributed by atoms with Gasteiger partial charge in [0.05, 0.1) is 17.4 Å². The first-order valence-corrected chi connectivity index (χ1v) is 7.69. The van der Waals surface area contributed by atoms with Crippen LogP contribution in [0.1, 0.15) is 55.8 Å². The van der Waals surface area contributed by atoms with Crippen molar-refractivity contribution < 1.29 is 4.79 Å². The second-order valence-electron chi connectivity index (χ2n) is 5.56. The van der Waals surface area contributed by atoms with Gasteiger partial charge in [-0.1, -0.05) is 26.2 Å². The quantitative estimate of drug-likeness (QED) is 0.896. The Morgan fingerprint density at radius 2 is 2.15 bits per heavy atom. The topological polar surface area (TPSA) is 45.2 Å². The molecule has 0 atom stereocenters. The molecule has 0 saturated heterocycles. The molecule has 0 spiro atoms. The summed E-state index contributed by atoms with van der Waals surface area (Å²) in [4.78, 5) is 18.7. The number of anilines is 1. The fraction of sp³-hybridized carbons (Fsp3) is 0.625. The second kappa shape index (κ2) is 7.27. The highest BCUT2D eigenvalue weighted by Gasteiger charge is 2.24. The van der Waals surface area contributed by atoms with Gasteiger partial charge in [0.1, 0.15) is 0 Å². The van der Waals surface area contributed by atoms with E-state index in [0.717, 1.165) is 37.1 Å². The van der Waals surface area contributed by atoms with Crippen molar-refractivity contribution in [2.75, 3.05) is 18.9 Å². The first-order valence-electron chi connectivity index (χ1n) is 7.69. The molecule has 1 fully saturated rings. The molecular weight excluding hydrogens is 250 g/mol. The van der Waals surface area contributed by atoms with Crippen molar-refractivity contribution >= 4 is 11.6 Å². The molecule has 20 heavy (non-hydrogen) atoms. The van der Waals surface area contributed by atoms with Crippen LogP contribution in [-0.2, 0) is 0 Å². The third-order valence-electron chi connectivity index (χ3n) is 4.06. The van der Waals surface area contributed by atoms with Crippen molar-refractivity contribution in [3.05, 3.63) is 24.0 Å². The van der Waals surface area contributed by atoms with Crippen LogP contribution in [0.4, 0.5) is 5.69 Å². The summed E-state index contributed by atoms with van der Waals surface area (Å²) in [5.41, 5.74) is 1.59. The van der Waals surface area contributed by atoms with E-state index in [2.05, 4.69) is 17.2 Å². The van der Waals surface area contributed by atoms with Gasteiger partial charge >= 0.3 is 0 Å². The fourth-order valence-electron chi connectivity index (χ4n) is 2.81. The van der Waals surface area contributed by atoms with E-state index in [0.29, 0.717) is 6.04 Å². The Kier molecular flexibility index (Phi) is 5.39. The van der Waals surface area contributed by atoms with Gasteiger partial charge in [0, 0.05) is 25.8 Å². The van der Waals surface area contributed by atoms with E-state index in [1.165, 1.54) is 19.3 Å². The van der Waals surface area contributed by atoms with Crippen LogP contribution in [0, 0.1) is 0 Å². The van der Waals surface area contributed by atoms with E-state index in [1.54, 1.807) is 12.4 Å². The van der Waals surface area contributed by atoms with E-state index in [4.69, 9.17) is 0 Å². The second-order valence-corrected chi connectivity index (χ2v) is 5.56. The maximum atomic E-state index is 12.7. The summed E-state index contributed by atoms with van der Waals surface area (Å²) in [6, 6.07) is 2.21. The van der Waals surface area contributed by atoms with Gasteiger partial charge in [-0.2, -0.15) is 0 Å². The molecule has 1 aromatic rings. The summed E-state index contributed by atoms with van der Waals surface area (Å²) in [6.45, 7) is 2.97. The predicted molar refractivity (Wildman–Crippen MR) is 82.0 cm³/mol. The lowest BCUT2D eigenvalue weighted by Crippen LogP contribution is -2.38. The zero-order valence-corrected chi connectivity index (χ0v) is 12.6. The lowest BCUT2D eigenvalue weighted by Gasteiger charge is -2.31. The highest BCUT2D eigenvalue weighted by molar-refractivity contribution is 5.99. The van der Waals surface area contributed by atoms with Gasteiger partial charge < -0.3 is 10.2 Å². The third kappa shape index (κ3) is 3.50. The van der Waals surface area contributed by atoms with Crippen LogP contribution in [0.25, 0.3) is 0 Å². The minimum Gasteiger partial charge on any atom is -0.383 e. The van der Waals surface area contributed by atoms with Crippen LogP contribution in [0.15, 0.2) is 18.5 Å². The molecule has 0 aromatic carbocycles. The molecule has 4 nitrogen and oxygen atoms in total. The van der Waals surface area contributed by atoms with Crippen molar-refractivity contribution in [3.8, 4) is 0 Å². The molecule has 1 aromatic heterocycles. The Labute approximate surface area is 121 Å². The zero-order valence-electron chi connectivity index (χ0n) is 12.6. The number of nitrogens with one attached hydrogen (secondary N) is 1. The number of carbonyl (C=O) groups is 1. The molecule has 1 aliphatic rings. The molecule has 1 aliphatic carbocycles. The van der Waals surface area contributed by atoms with Gasteiger partial charge in [-0.05, 0) is 25.3 Å². The lowest BCUT2D eigenvalue weighted by atomic mass is 9.94. The number of pyridine rings is 1. The number of carbonyl (C=O) groups excluding carboxylic acids is 1. The van der Waals surface area contributed by atoms with E-state index in [-0.39, 0.29) is 5.91 Å². The number of amides is 1. The molecule has 4 heteroatoms. The average molecular weight is 275 g/mol. The number of aromatic nitrogens is 1. The van der Waals surface area contributed by atoms with Crippen LogP contribution in [0.3, 0.4) is 0 Å². The third-order valence-corrected chi connectivity index (χ3v) is 4.06. The molecule has 1 N–H and O–H groups in total. The summed E-state index contributed by atoms with van der Waals surface area (Å²) >= 11 is 0. The molecule has 1 heterocycles. The van der Waals surface area contributed by atoms with E-state index >= 15 is 0 Å². The fourth-order valence-corrected chi connectivity index (χ4v) is 2.81. The highest BCUT2D eigenvalue weighted by atomic mass is 16.2. The van der Waals surface area contributed by atoms with Gasteiger partial charge in [-0.3, -0.25) is 9.78 Å². The van der Waals surface area contributed by atoms with Crippen LogP contribution in [0.2, 0.25) is 0 Å². The van der Waals surface area contributed by atoms with Crippen LogP contribution >= 0.6 is 0 Å². The summed E-state index contributed by atoms with van der Waals surface area (Å²) in [5, 5.41) is 3.29. The SMILES string of the molecule is CCCNc1cnccc1C(=O)N(C)C1CCCCC1. The van der Waals surface area contributed by atoms with Crippen molar-refractivity contribution in [1.82, 2.24) is 9.88 Å². The summed E-state index contributed by atoms with van der Waals surface area (Å²) < 4.78 is 0. The molecule has 2 rings (SSSR count). The van der Waals surface area contributed by atoms with Crippen molar-refractivity contribution in [1.29, 1.82) is 0 Å². The van der Waals surface area contributed by atoms with E-state index < -0.39 is 0 Å². The predicted octanol–water partition coefficient (Wildman–Crippen LogP) is 3.31. The Morgan fingerprint density at radius 3 is 2.85 bits per heavy atom. The van der Waals surface area contributed by atoms with Gasteiger partial charge in [-0.25, -0.2) is 0 Å². The Hall–Kier alpha value is -1.58. The van der Waals surface area contributed by atoms with Gasteiger partial charge in [-0.15, -0.1) is 0 Å². The minimum absolute atomic E-state index is 0.109. The molecule has 0 bridgehead atoms. The summed E-state index contributed by atoms with van der Waals surface area (Å²) in [6.07, 6.45) is 10.5. The van der Waals surface area contributed by atoms with Gasteiger partial charge in [0.25, 0.3) is 5.91 Å². The molecule has 110 valence electrons. The maximum absolute atomic E-state index is 12.7. The lowest BCUT2D eigenvalue weighted by molar-refractivity contribution is 0.0697.